The van der Waals surface area contributed by atoms with Crippen molar-refractivity contribution < 1.29 is 5.11 Å². The van der Waals surface area contributed by atoms with E-state index in [2.05, 4.69) is 42.4 Å². The third-order valence-corrected chi connectivity index (χ3v) is 5.34. The SMILES string of the molecule is CC(C)CN1CC2CC(O)CN2C2(C1)CN(C(C)C)C2. The van der Waals surface area contributed by atoms with Crippen LogP contribution in [0.5, 0.6) is 0 Å². The van der Waals surface area contributed by atoms with E-state index in [4.69, 9.17) is 0 Å². The highest BCUT2D eigenvalue weighted by molar-refractivity contribution is 5.13. The van der Waals surface area contributed by atoms with E-state index in [1.165, 1.54) is 26.2 Å². The Morgan fingerprint density at radius 3 is 2.40 bits per heavy atom. The van der Waals surface area contributed by atoms with Gasteiger partial charge in [0.05, 0.1) is 11.6 Å². The van der Waals surface area contributed by atoms with E-state index in [0.717, 1.165) is 25.4 Å². The second-order valence-electron chi connectivity index (χ2n) is 8.01. The van der Waals surface area contributed by atoms with Crippen molar-refractivity contribution in [2.75, 3.05) is 39.3 Å². The second-order valence-corrected chi connectivity index (χ2v) is 8.01. The topological polar surface area (TPSA) is 30.0 Å². The van der Waals surface area contributed by atoms with Crippen LogP contribution in [0.25, 0.3) is 0 Å². The third-order valence-electron chi connectivity index (χ3n) is 5.34. The molecule has 0 aromatic rings. The molecule has 0 aromatic carbocycles. The summed E-state index contributed by atoms with van der Waals surface area (Å²) in [4.78, 5) is 7.87. The quantitative estimate of drug-likeness (QED) is 0.831. The predicted octanol–water partition coefficient (Wildman–Crippen LogP) is 0.856. The lowest BCUT2D eigenvalue weighted by Gasteiger charge is -2.62. The van der Waals surface area contributed by atoms with Crippen molar-refractivity contribution in [3.63, 3.8) is 0 Å². The van der Waals surface area contributed by atoms with Crippen molar-refractivity contribution in [2.45, 2.75) is 57.8 Å². The summed E-state index contributed by atoms with van der Waals surface area (Å²) in [5.41, 5.74) is 0.319. The molecule has 4 heteroatoms. The summed E-state index contributed by atoms with van der Waals surface area (Å²) in [6.45, 7) is 16.0. The lowest BCUT2D eigenvalue weighted by molar-refractivity contribution is -0.124. The molecular weight excluding hydrogens is 250 g/mol. The molecule has 0 aromatic heterocycles. The molecule has 2 atom stereocenters. The molecule has 0 radical (unpaired) electrons. The summed E-state index contributed by atoms with van der Waals surface area (Å²) < 4.78 is 0. The van der Waals surface area contributed by atoms with Crippen molar-refractivity contribution in [3.05, 3.63) is 0 Å². The van der Waals surface area contributed by atoms with Crippen LogP contribution >= 0.6 is 0 Å². The minimum Gasteiger partial charge on any atom is -0.392 e. The maximum Gasteiger partial charge on any atom is 0.0682 e. The van der Waals surface area contributed by atoms with Gasteiger partial charge in [0, 0.05) is 51.4 Å². The van der Waals surface area contributed by atoms with Crippen molar-refractivity contribution >= 4 is 0 Å². The predicted molar refractivity (Wildman–Crippen MR) is 81.8 cm³/mol. The van der Waals surface area contributed by atoms with Crippen molar-refractivity contribution in [1.82, 2.24) is 14.7 Å². The average Bonchev–Trinajstić information content (AvgIpc) is 2.64. The molecule has 3 heterocycles. The molecule has 0 saturated carbocycles. The Labute approximate surface area is 123 Å². The van der Waals surface area contributed by atoms with E-state index >= 15 is 0 Å². The summed E-state index contributed by atoms with van der Waals surface area (Å²) in [6.07, 6.45) is 0.863. The van der Waals surface area contributed by atoms with Crippen molar-refractivity contribution in [3.8, 4) is 0 Å². The maximum atomic E-state index is 10.1. The van der Waals surface area contributed by atoms with Crippen LogP contribution < -0.4 is 0 Å². The molecule has 3 aliphatic rings. The molecule has 0 aliphatic carbocycles. The molecule has 116 valence electrons. The molecule has 3 saturated heterocycles. The van der Waals surface area contributed by atoms with Crippen LogP contribution in [-0.2, 0) is 0 Å². The lowest BCUT2D eigenvalue weighted by atomic mass is 9.82. The van der Waals surface area contributed by atoms with Gasteiger partial charge in [-0.3, -0.25) is 14.7 Å². The largest absolute Gasteiger partial charge is 0.392 e. The fraction of sp³-hybridized carbons (Fsp3) is 1.00. The third kappa shape index (κ3) is 2.52. The summed E-state index contributed by atoms with van der Waals surface area (Å²) in [5.74, 6) is 0.728. The van der Waals surface area contributed by atoms with E-state index < -0.39 is 0 Å². The van der Waals surface area contributed by atoms with Crippen LogP contribution in [0, 0.1) is 5.92 Å². The van der Waals surface area contributed by atoms with Crippen LogP contribution in [0.2, 0.25) is 0 Å². The Morgan fingerprint density at radius 2 is 1.80 bits per heavy atom. The monoisotopic (exact) mass is 281 g/mol. The normalized spacial score (nSPS) is 35.0. The minimum absolute atomic E-state index is 0.107. The van der Waals surface area contributed by atoms with Gasteiger partial charge in [-0.25, -0.2) is 0 Å². The number of piperazine rings is 1. The number of hydrogen-bond donors (Lipinski definition) is 1. The first-order chi connectivity index (χ1) is 9.39. The molecule has 0 bridgehead atoms. The van der Waals surface area contributed by atoms with E-state index in [-0.39, 0.29) is 6.10 Å². The Balaban J connectivity index is 1.73. The van der Waals surface area contributed by atoms with Crippen LogP contribution in [0.4, 0.5) is 0 Å². The van der Waals surface area contributed by atoms with E-state index in [1.54, 1.807) is 0 Å². The van der Waals surface area contributed by atoms with Gasteiger partial charge in [0.25, 0.3) is 0 Å². The molecule has 2 unspecified atom stereocenters. The summed E-state index contributed by atoms with van der Waals surface area (Å²) in [6, 6.07) is 1.22. The molecule has 4 nitrogen and oxygen atoms in total. The van der Waals surface area contributed by atoms with Gasteiger partial charge in [-0.2, -0.15) is 0 Å². The lowest BCUT2D eigenvalue weighted by Crippen LogP contribution is -2.78. The zero-order valence-corrected chi connectivity index (χ0v) is 13.5. The first-order valence-corrected chi connectivity index (χ1v) is 8.31. The number of β-amino-alcohol motifs (C(OH)–C–C–N with tert-alkyl or cyclic N) is 1. The number of fused-ring (bicyclic) bond motifs is 2. The number of likely N-dealkylation sites (tertiary alicyclic amines) is 1. The van der Waals surface area contributed by atoms with Gasteiger partial charge in [0.15, 0.2) is 0 Å². The zero-order chi connectivity index (χ0) is 14.5. The van der Waals surface area contributed by atoms with Crippen LogP contribution in [0.15, 0.2) is 0 Å². The van der Waals surface area contributed by atoms with Gasteiger partial charge in [-0.05, 0) is 26.2 Å². The maximum absolute atomic E-state index is 10.1. The van der Waals surface area contributed by atoms with Crippen LogP contribution in [0.1, 0.15) is 34.1 Å². The number of aliphatic hydroxyl groups excluding tert-OH is 1. The van der Waals surface area contributed by atoms with E-state index in [0.29, 0.717) is 17.6 Å². The van der Waals surface area contributed by atoms with Crippen LogP contribution in [-0.4, -0.2) is 82.8 Å². The van der Waals surface area contributed by atoms with E-state index in [9.17, 15) is 5.11 Å². The Morgan fingerprint density at radius 1 is 1.10 bits per heavy atom. The standard InChI is InChI=1S/C16H31N3O/c1-12(2)6-17-7-14-5-15(20)8-19(14)16(9-17)10-18(11-16)13(3)4/h12-15,20H,5-11H2,1-4H3. The number of rotatable bonds is 3. The molecule has 1 spiro atoms. The van der Waals surface area contributed by atoms with E-state index in [1.807, 2.05) is 0 Å². The van der Waals surface area contributed by atoms with Crippen molar-refractivity contribution in [1.29, 1.82) is 0 Å². The summed E-state index contributed by atoms with van der Waals surface area (Å²) in [7, 11) is 0. The highest BCUT2D eigenvalue weighted by Gasteiger charge is 2.56. The highest BCUT2D eigenvalue weighted by atomic mass is 16.3. The van der Waals surface area contributed by atoms with Crippen molar-refractivity contribution in [2.24, 2.45) is 5.92 Å². The zero-order valence-electron chi connectivity index (χ0n) is 13.5. The molecule has 0 amide bonds. The number of nitrogens with zero attached hydrogens (tertiary/aromatic N) is 3. The van der Waals surface area contributed by atoms with Gasteiger partial charge in [-0.1, -0.05) is 13.8 Å². The van der Waals surface area contributed by atoms with Gasteiger partial charge in [0.2, 0.25) is 0 Å². The number of aliphatic hydroxyl groups is 1. The average molecular weight is 281 g/mol. The first-order valence-electron chi connectivity index (χ1n) is 8.31. The Kier molecular flexibility index (Phi) is 3.87. The molecule has 1 N–H and O–H groups in total. The first kappa shape index (κ1) is 14.8. The fourth-order valence-corrected chi connectivity index (χ4v) is 4.53. The smallest absolute Gasteiger partial charge is 0.0682 e. The summed E-state index contributed by atoms with van der Waals surface area (Å²) in [5, 5.41) is 10.1. The van der Waals surface area contributed by atoms with Gasteiger partial charge >= 0.3 is 0 Å². The minimum atomic E-state index is -0.107. The van der Waals surface area contributed by atoms with Gasteiger partial charge in [-0.15, -0.1) is 0 Å². The Hall–Kier alpha value is -0.160. The molecule has 20 heavy (non-hydrogen) atoms. The van der Waals surface area contributed by atoms with Gasteiger partial charge in [0.1, 0.15) is 0 Å². The van der Waals surface area contributed by atoms with Gasteiger partial charge < -0.3 is 5.11 Å². The molecular formula is C16H31N3O. The molecule has 3 rings (SSSR count). The van der Waals surface area contributed by atoms with Crippen LogP contribution in [0.3, 0.4) is 0 Å². The Bertz CT molecular complexity index is 352. The second kappa shape index (κ2) is 5.24. The molecule has 3 fully saturated rings. The molecule has 3 aliphatic heterocycles. The highest BCUT2D eigenvalue weighted by Crippen LogP contribution is 2.39. The summed E-state index contributed by atoms with van der Waals surface area (Å²) >= 11 is 0. The fourth-order valence-electron chi connectivity index (χ4n) is 4.53. The number of hydrogen-bond acceptors (Lipinski definition) is 4.